The van der Waals surface area contributed by atoms with Crippen molar-refractivity contribution in [3.63, 3.8) is 0 Å². The Balaban J connectivity index is 1.58. The summed E-state index contributed by atoms with van der Waals surface area (Å²) in [5, 5.41) is 3.98. The molecule has 1 heterocycles. The highest BCUT2D eigenvalue weighted by molar-refractivity contribution is 5.88. The number of nitrogens with zero attached hydrogens (tertiary/aromatic N) is 2. The van der Waals surface area contributed by atoms with Crippen LogP contribution in [0.1, 0.15) is 32.2 Å². The molecule has 0 bridgehead atoms. The van der Waals surface area contributed by atoms with Gasteiger partial charge in [0.1, 0.15) is 18.0 Å². The molecule has 2 aromatic carbocycles. The first kappa shape index (κ1) is 20.3. The van der Waals surface area contributed by atoms with Crippen LogP contribution in [-0.2, 0) is 22.6 Å². The molecule has 0 unspecified atom stereocenters. The van der Waals surface area contributed by atoms with Crippen LogP contribution >= 0.6 is 0 Å². The highest BCUT2D eigenvalue weighted by Crippen LogP contribution is 2.22. The zero-order chi connectivity index (χ0) is 20.9. The fourth-order valence-electron chi connectivity index (χ4n) is 2.49. The molecular weight excluding hydrogens is 368 g/mol. The van der Waals surface area contributed by atoms with Crippen LogP contribution in [0, 0.1) is 0 Å². The van der Waals surface area contributed by atoms with Gasteiger partial charge >= 0.3 is 5.97 Å². The molecule has 6 heteroatoms. The summed E-state index contributed by atoms with van der Waals surface area (Å²) >= 11 is 0. The fourth-order valence-corrected chi connectivity index (χ4v) is 2.49. The van der Waals surface area contributed by atoms with Crippen LogP contribution in [0.4, 0.5) is 0 Å². The van der Waals surface area contributed by atoms with E-state index in [-0.39, 0.29) is 12.0 Å². The van der Waals surface area contributed by atoms with Crippen LogP contribution in [-0.4, -0.2) is 21.7 Å². The van der Waals surface area contributed by atoms with Crippen LogP contribution in [0.25, 0.3) is 11.4 Å². The van der Waals surface area contributed by atoms with Crippen molar-refractivity contribution >= 4 is 5.97 Å². The third-order valence-electron chi connectivity index (χ3n) is 3.88. The van der Waals surface area contributed by atoms with Gasteiger partial charge in [0.15, 0.2) is 0 Å². The Morgan fingerprint density at radius 1 is 1.07 bits per heavy atom. The van der Waals surface area contributed by atoms with Gasteiger partial charge in [0, 0.05) is 11.1 Å². The maximum atomic E-state index is 12.0. The molecule has 6 nitrogen and oxygen atoms in total. The van der Waals surface area contributed by atoms with E-state index in [1.807, 2.05) is 54.6 Å². The summed E-state index contributed by atoms with van der Waals surface area (Å²) in [4.78, 5) is 16.4. The number of carbonyl (C=O) groups is 1. The fraction of sp³-hybridized carbons (Fsp3) is 0.261. The first-order valence-electron chi connectivity index (χ1n) is 9.31. The Kier molecular flexibility index (Phi) is 6.12. The normalized spacial score (nSPS) is 11.1. The predicted octanol–water partition coefficient (Wildman–Crippen LogP) is 4.76. The maximum absolute atomic E-state index is 12.0. The summed E-state index contributed by atoms with van der Waals surface area (Å²) in [5.74, 6) is 1.02. The van der Waals surface area contributed by atoms with Crippen molar-refractivity contribution in [3.05, 3.63) is 78.2 Å². The van der Waals surface area contributed by atoms with E-state index in [9.17, 15) is 4.79 Å². The van der Waals surface area contributed by atoms with Gasteiger partial charge in [0.05, 0.1) is 6.42 Å². The van der Waals surface area contributed by atoms with E-state index < -0.39 is 11.6 Å². The third-order valence-corrected chi connectivity index (χ3v) is 3.88. The minimum atomic E-state index is -0.579. The Morgan fingerprint density at radius 2 is 1.76 bits per heavy atom. The van der Waals surface area contributed by atoms with E-state index in [1.165, 1.54) is 0 Å². The van der Waals surface area contributed by atoms with Gasteiger partial charge in [0.2, 0.25) is 11.7 Å². The molecule has 0 spiro atoms. The standard InChI is InChI=1S/C23H24N2O4/c1-16(22(26)28-23(2,3)4)14-20-24-21(25-29-20)18-10-12-19(13-11-18)27-15-17-8-6-5-7-9-17/h5-13H,1,14-15H2,2-4H3. The molecule has 0 radical (unpaired) electrons. The van der Waals surface area contributed by atoms with Crippen LogP contribution in [0.5, 0.6) is 5.75 Å². The van der Waals surface area contributed by atoms with Crippen molar-refractivity contribution in [1.82, 2.24) is 10.1 Å². The minimum absolute atomic E-state index is 0.139. The van der Waals surface area contributed by atoms with Gasteiger partial charge in [-0.05, 0) is 50.6 Å². The number of rotatable bonds is 7. The SMILES string of the molecule is C=C(Cc1nc(-c2ccc(OCc3ccccc3)cc2)no1)C(=O)OC(C)(C)C. The number of hydrogen-bond donors (Lipinski definition) is 0. The lowest BCUT2D eigenvalue weighted by Crippen LogP contribution is -2.25. The Bertz CT molecular complexity index is 970. The first-order valence-corrected chi connectivity index (χ1v) is 9.31. The molecule has 150 valence electrons. The van der Waals surface area contributed by atoms with E-state index >= 15 is 0 Å². The molecule has 3 rings (SSSR count). The summed E-state index contributed by atoms with van der Waals surface area (Å²) in [6, 6.07) is 17.4. The number of carbonyl (C=O) groups excluding carboxylic acids is 1. The van der Waals surface area contributed by atoms with Gasteiger partial charge in [0.25, 0.3) is 0 Å². The molecular formula is C23H24N2O4. The summed E-state index contributed by atoms with van der Waals surface area (Å²) < 4.78 is 16.3. The molecule has 1 aromatic heterocycles. The van der Waals surface area contributed by atoms with Crippen LogP contribution in [0.3, 0.4) is 0 Å². The molecule has 0 aliphatic carbocycles. The van der Waals surface area contributed by atoms with E-state index in [0.29, 0.717) is 18.3 Å². The summed E-state index contributed by atoms with van der Waals surface area (Å²) in [7, 11) is 0. The number of aromatic nitrogens is 2. The lowest BCUT2D eigenvalue weighted by atomic mass is 10.1. The molecule has 0 N–H and O–H groups in total. The molecule has 0 amide bonds. The van der Waals surface area contributed by atoms with E-state index in [0.717, 1.165) is 16.9 Å². The molecule has 29 heavy (non-hydrogen) atoms. The van der Waals surface area contributed by atoms with Gasteiger partial charge in [-0.25, -0.2) is 4.79 Å². The van der Waals surface area contributed by atoms with Crippen molar-refractivity contribution in [2.24, 2.45) is 0 Å². The van der Waals surface area contributed by atoms with Crippen molar-refractivity contribution < 1.29 is 18.8 Å². The topological polar surface area (TPSA) is 74.5 Å². The second-order valence-electron chi connectivity index (χ2n) is 7.59. The third kappa shape index (κ3) is 6.04. The zero-order valence-corrected chi connectivity index (χ0v) is 16.8. The highest BCUT2D eigenvalue weighted by atomic mass is 16.6. The van der Waals surface area contributed by atoms with Crippen molar-refractivity contribution in [2.75, 3.05) is 0 Å². The largest absolute Gasteiger partial charge is 0.489 e. The van der Waals surface area contributed by atoms with Crippen LogP contribution in [0.15, 0.2) is 71.3 Å². The quantitative estimate of drug-likeness (QED) is 0.426. The molecule has 0 saturated heterocycles. The number of esters is 1. The maximum Gasteiger partial charge on any atom is 0.334 e. The minimum Gasteiger partial charge on any atom is -0.489 e. The van der Waals surface area contributed by atoms with Crippen molar-refractivity contribution in [3.8, 4) is 17.1 Å². The van der Waals surface area contributed by atoms with Gasteiger partial charge in [-0.15, -0.1) is 0 Å². The van der Waals surface area contributed by atoms with E-state index in [1.54, 1.807) is 20.8 Å². The molecule has 0 atom stereocenters. The summed E-state index contributed by atoms with van der Waals surface area (Å²) in [6.07, 6.45) is 0.139. The van der Waals surface area contributed by atoms with Crippen molar-refractivity contribution in [1.29, 1.82) is 0 Å². The van der Waals surface area contributed by atoms with Crippen LogP contribution in [0.2, 0.25) is 0 Å². The molecule has 0 aliphatic rings. The van der Waals surface area contributed by atoms with E-state index in [2.05, 4.69) is 16.7 Å². The Labute approximate surface area is 170 Å². The smallest absolute Gasteiger partial charge is 0.334 e. The monoisotopic (exact) mass is 392 g/mol. The Morgan fingerprint density at radius 3 is 2.41 bits per heavy atom. The molecule has 0 saturated carbocycles. The summed E-state index contributed by atoms with van der Waals surface area (Å²) in [5.41, 5.74) is 1.57. The van der Waals surface area contributed by atoms with Gasteiger partial charge in [-0.3, -0.25) is 0 Å². The van der Waals surface area contributed by atoms with Gasteiger partial charge in [-0.2, -0.15) is 4.98 Å². The van der Waals surface area contributed by atoms with Gasteiger partial charge in [-0.1, -0.05) is 42.1 Å². The van der Waals surface area contributed by atoms with Crippen molar-refractivity contribution in [2.45, 2.75) is 39.4 Å². The number of benzene rings is 2. The molecule has 0 aliphatic heterocycles. The summed E-state index contributed by atoms with van der Waals surface area (Å²) in [6.45, 7) is 9.66. The highest BCUT2D eigenvalue weighted by Gasteiger charge is 2.20. The average Bonchev–Trinajstić information content (AvgIpc) is 3.15. The second-order valence-corrected chi connectivity index (χ2v) is 7.59. The zero-order valence-electron chi connectivity index (χ0n) is 16.8. The van der Waals surface area contributed by atoms with E-state index in [4.69, 9.17) is 14.0 Å². The molecule has 0 fully saturated rings. The lowest BCUT2D eigenvalue weighted by molar-refractivity contribution is -0.150. The second kappa shape index (κ2) is 8.73. The average molecular weight is 392 g/mol. The first-order chi connectivity index (χ1) is 13.8. The Hall–Kier alpha value is -3.41. The lowest BCUT2D eigenvalue weighted by Gasteiger charge is -2.19. The predicted molar refractivity (Wildman–Crippen MR) is 109 cm³/mol. The van der Waals surface area contributed by atoms with Gasteiger partial charge < -0.3 is 14.0 Å². The van der Waals surface area contributed by atoms with Crippen LogP contribution < -0.4 is 4.74 Å². The molecule has 3 aromatic rings. The number of hydrogen-bond acceptors (Lipinski definition) is 6. The number of ether oxygens (including phenoxy) is 2.